The molecule has 1 N–H and O–H groups in total. The number of aliphatic hydroxyl groups is 1. The number of rotatable bonds is 8. The third kappa shape index (κ3) is 4.45. The summed E-state index contributed by atoms with van der Waals surface area (Å²) >= 11 is 1.51. The smallest absolute Gasteiger partial charge is 0.262 e. The quantitative estimate of drug-likeness (QED) is 0.413. The molecule has 2 aromatic carbocycles. The standard InChI is InChI=1S/C25H24N2O3S/c1-3-9-18-10-7-8-13-21(18)30-15-20(28)14-27-16-26-24-23(25(27)29)22(17(2)31-24)19-11-5-4-6-12-19/h3-8,10-13,16,20,28H,1,9,14-15H2,2H3/t20-/m0/s1. The number of aliphatic hydroxyl groups excluding tert-OH is 1. The van der Waals surface area contributed by atoms with Crippen molar-refractivity contribution < 1.29 is 9.84 Å². The molecule has 0 fully saturated rings. The number of aromatic nitrogens is 2. The molecule has 2 aromatic heterocycles. The zero-order chi connectivity index (χ0) is 21.8. The first-order valence-corrected chi connectivity index (χ1v) is 10.9. The molecule has 5 nitrogen and oxygen atoms in total. The number of allylic oxidation sites excluding steroid dienone is 1. The van der Waals surface area contributed by atoms with Crippen molar-refractivity contribution in [3.05, 3.63) is 94.4 Å². The second-order valence-electron chi connectivity index (χ2n) is 7.35. The maximum atomic E-state index is 13.3. The SMILES string of the molecule is C=CCc1ccccc1OC[C@@H](O)Cn1cnc2sc(C)c(-c3ccccc3)c2c1=O. The van der Waals surface area contributed by atoms with Gasteiger partial charge in [0.25, 0.3) is 5.56 Å². The molecule has 0 spiro atoms. The molecule has 0 aliphatic heterocycles. The number of para-hydroxylation sites is 1. The zero-order valence-electron chi connectivity index (χ0n) is 17.3. The summed E-state index contributed by atoms with van der Waals surface area (Å²) in [6.45, 7) is 5.95. The Kier molecular flexibility index (Phi) is 6.30. The van der Waals surface area contributed by atoms with E-state index in [1.807, 2.05) is 67.6 Å². The van der Waals surface area contributed by atoms with Gasteiger partial charge in [0.15, 0.2) is 0 Å². The van der Waals surface area contributed by atoms with Crippen LogP contribution in [0.1, 0.15) is 10.4 Å². The summed E-state index contributed by atoms with van der Waals surface area (Å²) in [5.41, 5.74) is 2.76. The molecule has 6 heteroatoms. The van der Waals surface area contributed by atoms with Crippen LogP contribution in [0.5, 0.6) is 5.75 Å². The summed E-state index contributed by atoms with van der Waals surface area (Å²) in [7, 11) is 0. The first-order chi connectivity index (χ1) is 15.1. The third-order valence-corrected chi connectivity index (χ3v) is 6.11. The second-order valence-corrected chi connectivity index (χ2v) is 8.55. The van der Waals surface area contributed by atoms with E-state index >= 15 is 0 Å². The van der Waals surface area contributed by atoms with Crippen LogP contribution in [0.25, 0.3) is 21.3 Å². The van der Waals surface area contributed by atoms with E-state index in [1.54, 1.807) is 0 Å². The van der Waals surface area contributed by atoms with Crippen LogP contribution < -0.4 is 10.3 Å². The molecule has 0 radical (unpaired) electrons. The Bertz CT molecular complexity index is 1260. The van der Waals surface area contributed by atoms with Gasteiger partial charge >= 0.3 is 0 Å². The van der Waals surface area contributed by atoms with Crippen molar-refractivity contribution in [2.45, 2.75) is 26.0 Å². The lowest BCUT2D eigenvalue weighted by Gasteiger charge is -2.15. The predicted molar refractivity (Wildman–Crippen MR) is 126 cm³/mol. The van der Waals surface area contributed by atoms with E-state index in [-0.39, 0.29) is 18.7 Å². The van der Waals surface area contributed by atoms with Crippen molar-refractivity contribution in [2.24, 2.45) is 0 Å². The lowest BCUT2D eigenvalue weighted by molar-refractivity contribution is 0.0911. The van der Waals surface area contributed by atoms with E-state index in [0.717, 1.165) is 21.6 Å². The van der Waals surface area contributed by atoms with Crippen LogP contribution >= 0.6 is 11.3 Å². The van der Waals surface area contributed by atoms with Crippen LogP contribution in [0.3, 0.4) is 0 Å². The maximum Gasteiger partial charge on any atom is 0.262 e. The van der Waals surface area contributed by atoms with Gasteiger partial charge in [0.1, 0.15) is 23.3 Å². The summed E-state index contributed by atoms with van der Waals surface area (Å²) in [5.74, 6) is 0.710. The first kappa shape index (κ1) is 21.0. The number of nitrogens with zero attached hydrogens (tertiary/aromatic N) is 2. The molecule has 0 saturated carbocycles. The normalized spacial score (nSPS) is 12.1. The number of hydrogen-bond acceptors (Lipinski definition) is 5. The molecular weight excluding hydrogens is 408 g/mol. The van der Waals surface area contributed by atoms with E-state index in [2.05, 4.69) is 11.6 Å². The lowest BCUT2D eigenvalue weighted by Crippen LogP contribution is -2.30. The highest BCUT2D eigenvalue weighted by Crippen LogP contribution is 2.35. The molecule has 4 rings (SSSR count). The van der Waals surface area contributed by atoms with Crippen molar-refractivity contribution in [1.29, 1.82) is 0 Å². The van der Waals surface area contributed by atoms with Gasteiger partial charge in [-0.2, -0.15) is 0 Å². The van der Waals surface area contributed by atoms with Crippen LogP contribution in [0.15, 0.2) is 78.4 Å². The van der Waals surface area contributed by atoms with Crippen LogP contribution in [0.4, 0.5) is 0 Å². The van der Waals surface area contributed by atoms with Crippen LogP contribution in [-0.4, -0.2) is 27.4 Å². The fourth-order valence-corrected chi connectivity index (χ4v) is 4.66. The Balaban J connectivity index is 1.57. The third-order valence-electron chi connectivity index (χ3n) is 5.09. The van der Waals surface area contributed by atoms with Gasteiger partial charge in [-0.05, 0) is 30.5 Å². The van der Waals surface area contributed by atoms with Gasteiger partial charge in [-0.3, -0.25) is 9.36 Å². The monoisotopic (exact) mass is 432 g/mol. The topological polar surface area (TPSA) is 64.3 Å². The van der Waals surface area contributed by atoms with Gasteiger partial charge in [-0.25, -0.2) is 4.98 Å². The molecule has 0 amide bonds. The van der Waals surface area contributed by atoms with Crippen molar-refractivity contribution in [2.75, 3.05) is 6.61 Å². The summed E-state index contributed by atoms with van der Waals surface area (Å²) in [4.78, 5) is 19.5. The lowest BCUT2D eigenvalue weighted by atomic mass is 10.0. The number of benzene rings is 2. The van der Waals surface area contributed by atoms with Crippen molar-refractivity contribution in [3.63, 3.8) is 0 Å². The van der Waals surface area contributed by atoms with E-state index in [1.165, 1.54) is 22.2 Å². The Morgan fingerprint density at radius 3 is 2.71 bits per heavy atom. The number of aryl methyl sites for hydroxylation is 1. The molecule has 0 saturated heterocycles. The van der Waals surface area contributed by atoms with Gasteiger partial charge in [-0.15, -0.1) is 17.9 Å². The number of hydrogen-bond donors (Lipinski definition) is 1. The predicted octanol–water partition coefficient (Wildman–Crippen LogP) is 4.60. The highest BCUT2D eigenvalue weighted by Gasteiger charge is 2.18. The summed E-state index contributed by atoms with van der Waals surface area (Å²) in [6, 6.07) is 17.5. The molecule has 0 aliphatic carbocycles. The highest BCUT2D eigenvalue weighted by molar-refractivity contribution is 7.19. The molecule has 0 unspecified atom stereocenters. The molecule has 4 aromatic rings. The molecule has 1 atom stereocenters. The number of ether oxygens (including phenoxy) is 1. The molecule has 0 aliphatic rings. The molecule has 0 bridgehead atoms. The van der Waals surface area contributed by atoms with E-state index in [4.69, 9.17) is 4.74 Å². The van der Waals surface area contributed by atoms with Gasteiger partial charge in [0, 0.05) is 10.4 Å². The first-order valence-electron chi connectivity index (χ1n) is 10.1. The van der Waals surface area contributed by atoms with Crippen LogP contribution in [-0.2, 0) is 13.0 Å². The summed E-state index contributed by atoms with van der Waals surface area (Å²) < 4.78 is 7.28. The Labute approximate surface area is 184 Å². The fourth-order valence-electron chi connectivity index (χ4n) is 3.65. The van der Waals surface area contributed by atoms with E-state index in [0.29, 0.717) is 22.4 Å². The summed E-state index contributed by atoms with van der Waals surface area (Å²) in [5, 5.41) is 11.1. The van der Waals surface area contributed by atoms with Gasteiger partial charge in [0.05, 0.1) is 18.3 Å². The number of thiophene rings is 1. The summed E-state index contributed by atoms with van der Waals surface area (Å²) in [6.07, 6.45) is 3.15. The second kappa shape index (κ2) is 9.29. The largest absolute Gasteiger partial charge is 0.491 e. The van der Waals surface area contributed by atoms with Gasteiger partial charge < -0.3 is 9.84 Å². The Morgan fingerprint density at radius 1 is 1.19 bits per heavy atom. The Morgan fingerprint density at radius 2 is 1.94 bits per heavy atom. The molecule has 31 heavy (non-hydrogen) atoms. The minimum absolute atomic E-state index is 0.0762. The van der Waals surface area contributed by atoms with Gasteiger partial charge in [-0.1, -0.05) is 54.6 Å². The fraction of sp³-hybridized carbons (Fsp3) is 0.200. The molecular formula is C25H24N2O3S. The minimum Gasteiger partial charge on any atom is -0.491 e. The highest BCUT2D eigenvalue weighted by atomic mass is 32.1. The maximum absolute atomic E-state index is 13.3. The van der Waals surface area contributed by atoms with Crippen molar-refractivity contribution >= 4 is 21.6 Å². The van der Waals surface area contributed by atoms with E-state index in [9.17, 15) is 9.90 Å². The average molecular weight is 433 g/mol. The van der Waals surface area contributed by atoms with Crippen molar-refractivity contribution in [1.82, 2.24) is 9.55 Å². The Hall–Kier alpha value is -3.22. The molecule has 2 heterocycles. The van der Waals surface area contributed by atoms with Crippen LogP contribution in [0, 0.1) is 6.92 Å². The van der Waals surface area contributed by atoms with Crippen LogP contribution in [0.2, 0.25) is 0 Å². The minimum atomic E-state index is -0.853. The molecule has 158 valence electrons. The van der Waals surface area contributed by atoms with E-state index < -0.39 is 6.10 Å². The average Bonchev–Trinajstić information content (AvgIpc) is 3.12. The van der Waals surface area contributed by atoms with Crippen molar-refractivity contribution in [3.8, 4) is 16.9 Å². The van der Waals surface area contributed by atoms with Gasteiger partial charge in [0.2, 0.25) is 0 Å². The zero-order valence-corrected chi connectivity index (χ0v) is 18.1. The number of fused-ring (bicyclic) bond motifs is 1.